The van der Waals surface area contributed by atoms with Crippen LogP contribution in [0, 0.1) is 17.3 Å². The Labute approximate surface area is 99.9 Å². The van der Waals surface area contributed by atoms with Crippen LogP contribution >= 0.6 is 0 Å². The van der Waals surface area contributed by atoms with E-state index in [0.717, 1.165) is 12.3 Å². The molecule has 1 aliphatic rings. The molecule has 1 rings (SSSR count). The fourth-order valence-corrected chi connectivity index (χ4v) is 2.49. The van der Waals surface area contributed by atoms with Crippen LogP contribution in [0.25, 0.3) is 0 Å². The van der Waals surface area contributed by atoms with E-state index in [1.165, 1.54) is 18.4 Å². The Hall–Kier alpha value is -0.340. The van der Waals surface area contributed by atoms with Crippen molar-refractivity contribution in [1.29, 1.82) is 0 Å². The Morgan fingerprint density at radius 1 is 1.50 bits per heavy atom. The summed E-state index contributed by atoms with van der Waals surface area (Å²) >= 11 is 0. The zero-order valence-electron chi connectivity index (χ0n) is 11.2. The van der Waals surface area contributed by atoms with Crippen LogP contribution < -0.4 is 5.73 Å². The molecule has 0 amide bonds. The van der Waals surface area contributed by atoms with Gasteiger partial charge in [0.05, 0.1) is 6.61 Å². The lowest BCUT2D eigenvalue weighted by Crippen LogP contribution is -2.34. The molecule has 0 saturated carbocycles. The van der Waals surface area contributed by atoms with Gasteiger partial charge in [0.2, 0.25) is 0 Å². The molecule has 0 bridgehead atoms. The van der Waals surface area contributed by atoms with Crippen LogP contribution in [0.5, 0.6) is 0 Å². The monoisotopic (exact) mass is 225 g/mol. The number of aliphatic hydroxyl groups excluding tert-OH is 1. The number of aliphatic hydroxyl groups is 1. The van der Waals surface area contributed by atoms with Crippen molar-refractivity contribution in [1.82, 2.24) is 0 Å². The molecule has 0 heterocycles. The van der Waals surface area contributed by atoms with Gasteiger partial charge in [-0.15, -0.1) is 0 Å². The minimum Gasteiger partial charge on any atom is -0.395 e. The highest BCUT2D eigenvalue weighted by Crippen LogP contribution is 2.38. The van der Waals surface area contributed by atoms with Crippen molar-refractivity contribution >= 4 is 0 Å². The van der Waals surface area contributed by atoms with Gasteiger partial charge in [-0.05, 0) is 36.5 Å². The lowest BCUT2D eigenvalue weighted by Gasteiger charge is -2.35. The van der Waals surface area contributed by atoms with Crippen molar-refractivity contribution in [3.8, 4) is 0 Å². The fourth-order valence-electron chi connectivity index (χ4n) is 2.49. The van der Waals surface area contributed by atoms with E-state index in [9.17, 15) is 0 Å². The minimum atomic E-state index is -0.0996. The minimum absolute atomic E-state index is 0.0845. The smallest absolute Gasteiger partial charge is 0.0588 e. The molecule has 0 radical (unpaired) electrons. The highest BCUT2D eigenvalue weighted by atomic mass is 16.3. The molecule has 94 valence electrons. The van der Waals surface area contributed by atoms with Gasteiger partial charge in [0.15, 0.2) is 0 Å². The third-order valence-electron chi connectivity index (χ3n) is 4.11. The van der Waals surface area contributed by atoms with E-state index < -0.39 is 0 Å². The van der Waals surface area contributed by atoms with Crippen LogP contribution in [0.1, 0.15) is 47.0 Å². The van der Waals surface area contributed by atoms with Crippen LogP contribution in [0.4, 0.5) is 0 Å². The first-order chi connectivity index (χ1) is 7.36. The molecule has 0 aromatic heterocycles. The summed E-state index contributed by atoms with van der Waals surface area (Å²) in [6.45, 7) is 9.17. The Morgan fingerprint density at radius 3 is 2.50 bits per heavy atom. The van der Waals surface area contributed by atoms with E-state index in [0.29, 0.717) is 11.3 Å². The SMILES string of the molecule is CC(C1=CCC(C(C)(C)C)CC1)C(N)CO. The van der Waals surface area contributed by atoms with E-state index in [1.54, 1.807) is 0 Å². The van der Waals surface area contributed by atoms with Gasteiger partial charge in [-0.25, -0.2) is 0 Å². The number of hydrogen-bond donors (Lipinski definition) is 2. The van der Waals surface area contributed by atoms with Gasteiger partial charge in [0, 0.05) is 6.04 Å². The number of hydrogen-bond acceptors (Lipinski definition) is 2. The normalized spacial score (nSPS) is 26.1. The van der Waals surface area contributed by atoms with Gasteiger partial charge >= 0.3 is 0 Å². The third kappa shape index (κ3) is 3.33. The van der Waals surface area contributed by atoms with Crippen LogP contribution in [-0.4, -0.2) is 17.8 Å². The van der Waals surface area contributed by atoms with E-state index in [1.807, 2.05) is 0 Å². The Morgan fingerprint density at radius 2 is 2.12 bits per heavy atom. The van der Waals surface area contributed by atoms with Gasteiger partial charge in [0.1, 0.15) is 0 Å². The van der Waals surface area contributed by atoms with Gasteiger partial charge in [-0.1, -0.05) is 39.3 Å². The highest BCUT2D eigenvalue weighted by Gasteiger charge is 2.28. The maximum absolute atomic E-state index is 9.06. The number of rotatable bonds is 3. The van der Waals surface area contributed by atoms with Crippen molar-refractivity contribution in [3.05, 3.63) is 11.6 Å². The fraction of sp³-hybridized carbons (Fsp3) is 0.857. The molecular formula is C14H27NO. The molecule has 0 spiro atoms. The van der Waals surface area contributed by atoms with Crippen molar-refractivity contribution in [2.45, 2.75) is 53.0 Å². The van der Waals surface area contributed by atoms with E-state index in [4.69, 9.17) is 10.8 Å². The van der Waals surface area contributed by atoms with Crippen LogP contribution in [0.15, 0.2) is 11.6 Å². The average Bonchev–Trinajstić information content (AvgIpc) is 2.26. The van der Waals surface area contributed by atoms with Crippen LogP contribution in [0.3, 0.4) is 0 Å². The standard InChI is InChI=1S/C14H27NO/c1-10(13(15)9-16)11-5-7-12(8-6-11)14(2,3)4/h5,10,12-13,16H,6-9,15H2,1-4H3. The largest absolute Gasteiger partial charge is 0.395 e. The predicted molar refractivity (Wildman–Crippen MR) is 69.1 cm³/mol. The summed E-state index contributed by atoms with van der Waals surface area (Å²) < 4.78 is 0. The second kappa shape index (κ2) is 5.33. The first-order valence-corrected chi connectivity index (χ1v) is 6.41. The molecule has 3 unspecified atom stereocenters. The maximum Gasteiger partial charge on any atom is 0.0588 e. The lowest BCUT2D eigenvalue weighted by atomic mass is 9.71. The topological polar surface area (TPSA) is 46.2 Å². The van der Waals surface area contributed by atoms with Crippen LogP contribution in [0.2, 0.25) is 0 Å². The molecule has 0 fully saturated rings. The molecule has 0 aromatic rings. The quantitative estimate of drug-likeness (QED) is 0.725. The molecule has 2 nitrogen and oxygen atoms in total. The second-order valence-electron chi connectivity index (χ2n) is 6.25. The van der Waals surface area contributed by atoms with Crippen LogP contribution in [-0.2, 0) is 0 Å². The molecular weight excluding hydrogens is 198 g/mol. The van der Waals surface area contributed by atoms with Gasteiger partial charge < -0.3 is 10.8 Å². The summed E-state index contributed by atoms with van der Waals surface area (Å²) in [5.74, 6) is 1.11. The molecule has 2 heteroatoms. The zero-order valence-corrected chi connectivity index (χ0v) is 11.2. The number of nitrogens with two attached hydrogens (primary N) is 1. The average molecular weight is 225 g/mol. The van der Waals surface area contributed by atoms with E-state index in [2.05, 4.69) is 33.8 Å². The molecule has 0 saturated heterocycles. The first-order valence-electron chi connectivity index (χ1n) is 6.41. The molecule has 16 heavy (non-hydrogen) atoms. The Bertz CT molecular complexity index is 252. The van der Waals surface area contributed by atoms with Gasteiger partial charge in [-0.3, -0.25) is 0 Å². The molecule has 3 N–H and O–H groups in total. The zero-order chi connectivity index (χ0) is 12.3. The molecule has 1 aliphatic carbocycles. The predicted octanol–water partition coefficient (Wildman–Crippen LogP) is 2.71. The Balaban J connectivity index is 2.59. The molecule has 0 aromatic carbocycles. The van der Waals surface area contributed by atoms with Gasteiger partial charge in [-0.2, -0.15) is 0 Å². The molecule has 0 aliphatic heterocycles. The number of allylic oxidation sites excluding steroid dienone is 1. The van der Waals surface area contributed by atoms with Crippen molar-refractivity contribution in [2.75, 3.05) is 6.61 Å². The summed E-state index contributed by atoms with van der Waals surface area (Å²) in [7, 11) is 0. The summed E-state index contributed by atoms with van der Waals surface area (Å²) in [5.41, 5.74) is 7.73. The van der Waals surface area contributed by atoms with Crippen molar-refractivity contribution in [3.63, 3.8) is 0 Å². The second-order valence-corrected chi connectivity index (χ2v) is 6.25. The molecule has 3 atom stereocenters. The van der Waals surface area contributed by atoms with E-state index in [-0.39, 0.29) is 12.6 Å². The van der Waals surface area contributed by atoms with E-state index >= 15 is 0 Å². The summed E-state index contributed by atoms with van der Waals surface area (Å²) in [5, 5.41) is 9.06. The first kappa shape index (κ1) is 13.7. The summed E-state index contributed by atoms with van der Waals surface area (Å²) in [4.78, 5) is 0. The van der Waals surface area contributed by atoms with Crippen molar-refractivity contribution < 1.29 is 5.11 Å². The third-order valence-corrected chi connectivity index (χ3v) is 4.11. The highest BCUT2D eigenvalue weighted by molar-refractivity contribution is 5.12. The summed E-state index contributed by atoms with van der Waals surface area (Å²) in [6, 6.07) is -0.0996. The van der Waals surface area contributed by atoms with Gasteiger partial charge in [0.25, 0.3) is 0 Å². The summed E-state index contributed by atoms with van der Waals surface area (Å²) in [6.07, 6.45) is 5.94. The maximum atomic E-state index is 9.06. The lowest BCUT2D eigenvalue weighted by molar-refractivity contribution is 0.209. The Kier molecular flexibility index (Phi) is 4.57. The van der Waals surface area contributed by atoms with Crippen molar-refractivity contribution in [2.24, 2.45) is 23.0 Å².